The molecule has 3 aromatic rings. The highest BCUT2D eigenvalue weighted by atomic mass is 16.5. The first-order valence-electron chi connectivity index (χ1n) is 11.1. The SMILES string of the molecule is Cc1ccc([C@@H]2C(=C(O)c3ccc4c(c3)C[C@@H](C)O4)C(=O)C(=O)N2Cc2ccccc2)cc1. The average molecular weight is 440 g/mol. The summed E-state index contributed by atoms with van der Waals surface area (Å²) in [7, 11) is 0. The van der Waals surface area contributed by atoms with E-state index in [-0.39, 0.29) is 24.0 Å². The van der Waals surface area contributed by atoms with E-state index in [0.717, 1.165) is 34.4 Å². The summed E-state index contributed by atoms with van der Waals surface area (Å²) < 4.78 is 5.76. The minimum Gasteiger partial charge on any atom is -0.507 e. The van der Waals surface area contributed by atoms with E-state index in [1.54, 1.807) is 11.0 Å². The number of ketones is 1. The molecule has 2 aliphatic rings. The summed E-state index contributed by atoms with van der Waals surface area (Å²) >= 11 is 0. The molecule has 5 heteroatoms. The average Bonchev–Trinajstić information content (AvgIpc) is 3.31. The Morgan fingerprint density at radius 2 is 1.76 bits per heavy atom. The number of carbonyl (C=O) groups excluding carboxylic acids is 2. The number of nitrogens with zero attached hydrogens (tertiary/aromatic N) is 1. The highest BCUT2D eigenvalue weighted by Gasteiger charge is 2.46. The monoisotopic (exact) mass is 439 g/mol. The molecule has 2 heterocycles. The van der Waals surface area contributed by atoms with Crippen molar-refractivity contribution in [1.29, 1.82) is 0 Å². The molecule has 0 aromatic heterocycles. The van der Waals surface area contributed by atoms with Crippen molar-refractivity contribution in [3.05, 3.63) is 106 Å². The van der Waals surface area contributed by atoms with Gasteiger partial charge >= 0.3 is 0 Å². The molecule has 0 spiro atoms. The molecule has 166 valence electrons. The van der Waals surface area contributed by atoms with E-state index >= 15 is 0 Å². The van der Waals surface area contributed by atoms with Crippen molar-refractivity contribution in [3.63, 3.8) is 0 Å². The van der Waals surface area contributed by atoms with Gasteiger partial charge in [-0.25, -0.2) is 0 Å². The van der Waals surface area contributed by atoms with Crippen molar-refractivity contribution in [1.82, 2.24) is 4.90 Å². The van der Waals surface area contributed by atoms with Crippen LogP contribution in [0.15, 0.2) is 78.4 Å². The third-order valence-electron chi connectivity index (χ3n) is 6.30. The van der Waals surface area contributed by atoms with Crippen LogP contribution in [0.3, 0.4) is 0 Å². The number of ether oxygens (including phenoxy) is 1. The molecule has 3 aromatic carbocycles. The van der Waals surface area contributed by atoms with Crippen molar-refractivity contribution in [2.24, 2.45) is 0 Å². The summed E-state index contributed by atoms with van der Waals surface area (Å²) in [5.41, 5.74) is 4.40. The predicted octanol–water partition coefficient (Wildman–Crippen LogP) is 4.94. The van der Waals surface area contributed by atoms with Gasteiger partial charge in [-0.2, -0.15) is 0 Å². The first kappa shape index (κ1) is 21.0. The molecule has 0 saturated carbocycles. The van der Waals surface area contributed by atoms with Gasteiger partial charge in [-0.1, -0.05) is 60.2 Å². The second-order valence-corrected chi connectivity index (χ2v) is 8.78. The van der Waals surface area contributed by atoms with Crippen LogP contribution in [0.5, 0.6) is 5.75 Å². The molecule has 2 aliphatic heterocycles. The summed E-state index contributed by atoms with van der Waals surface area (Å²) in [5, 5.41) is 11.3. The molecule has 0 radical (unpaired) electrons. The second kappa shape index (κ2) is 8.24. The summed E-state index contributed by atoms with van der Waals surface area (Å²) in [6.07, 6.45) is 0.807. The van der Waals surface area contributed by atoms with E-state index in [1.165, 1.54) is 0 Å². The molecule has 33 heavy (non-hydrogen) atoms. The molecule has 0 aliphatic carbocycles. The zero-order valence-corrected chi connectivity index (χ0v) is 18.6. The van der Waals surface area contributed by atoms with Crippen molar-refractivity contribution >= 4 is 17.4 Å². The maximum Gasteiger partial charge on any atom is 0.295 e. The van der Waals surface area contributed by atoms with Crippen LogP contribution in [0.2, 0.25) is 0 Å². The summed E-state index contributed by atoms with van der Waals surface area (Å²) in [5.74, 6) is -0.640. The van der Waals surface area contributed by atoms with Crippen LogP contribution in [0, 0.1) is 6.92 Å². The predicted molar refractivity (Wildman–Crippen MR) is 126 cm³/mol. The molecule has 2 atom stereocenters. The van der Waals surface area contributed by atoms with Crippen LogP contribution in [0.1, 0.15) is 40.8 Å². The van der Waals surface area contributed by atoms with E-state index in [1.807, 2.05) is 80.6 Å². The van der Waals surface area contributed by atoms with Crippen molar-refractivity contribution < 1.29 is 19.4 Å². The van der Waals surface area contributed by atoms with E-state index in [2.05, 4.69) is 0 Å². The van der Waals surface area contributed by atoms with Crippen LogP contribution in [-0.2, 0) is 22.6 Å². The van der Waals surface area contributed by atoms with E-state index in [4.69, 9.17) is 4.74 Å². The van der Waals surface area contributed by atoms with Crippen LogP contribution in [0.25, 0.3) is 5.76 Å². The first-order valence-corrected chi connectivity index (χ1v) is 11.1. The van der Waals surface area contributed by atoms with Gasteiger partial charge in [0.2, 0.25) is 0 Å². The molecule has 1 fully saturated rings. The smallest absolute Gasteiger partial charge is 0.295 e. The normalized spacial score (nSPS) is 21.2. The van der Waals surface area contributed by atoms with Crippen LogP contribution in [0.4, 0.5) is 0 Å². The van der Waals surface area contributed by atoms with Crippen LogP contribution in [-0.4, -0.2) is 27.8 Å². The summed E-state index contributed by atoms with van der Waals surface area (Å²) in [6, 6.07) is 22.0. The van der Waals surface area contributed by atoms with Gasteiger partial charge in [-0.15, -0.1) is 0 Å². The van der Waals surface area contributed by atoms with Crippen molar-refractivity contribution in [3.8, 4) is 5.75 Å². The Balaban J connectivity index is 1.62. The molecule has 1 saturated heterocycles. The fraction of sp³-hybridized carbons (Fsp3) is 0.214. The lowest BCUT2D eigenvalue weighted by Crippen LogP contribution is -2.29. The molecule has 5 nitrogen and oxygen atoms in total. The zero-order chi connectivity index (χ0) is 23.1. The molecule has 0 bridgehead atoms. The summed E-state index contributed by atoms with van der Waals surface area (Å²) in [4.78, 5) is 27.9. The molecule has 1 N–H and O–H groups in total. The maximum atomic E-state index is 13.2. The molecule has 0 unspecified atom stereocenters. The highest BCUT2D eigenvalue weighted by molar-refractivity contribution is 6.46. The number of rotatable bonds is 4. The minimum absolute atomic E-state index is 0.0707. The van der Waals surface area contributed by atoms with Gasteiger partial charge in [0.05, 0.1) is 11.6 Å². The maximum absolute atomic E-state index is 13.2. The quantitative estimate of drug-likeness (QED) is 0.355. The number of hydrogen-bond donors (Lipinski definition) is 1. The van der Waals surface area contributed by atoms with Gasteiger partial charge in [0.1, 0.15) is 17.6 Å². The van der Waals surface area contributed by atoms with Gasteiger partial charge < -0.3 is 14.7 Å². The number of aliphatic hydroxyl groups is 1. The molecule has 1 amide bonds. The Labute approximate surface area is 192 Å². The number of fused-ring (bicyclic) bond motifs is 1. The lowest BCUT2D eigenvalue weighted by molar-refractivity contribution is -0.140. The second-order valence-electron chi connectivity index (χ2n) is 8.78. The Kier molecular flexibility index (Phi) is 5.25. The Morgan fingerprint density at radius 3 is 2.48 bits per heavy atom. The number of carbonyl (C=O) groups is 2. The molecular formula is C28H25NO4. The fourth-order valence-corrected chi connectivity index (χ4v) is 4.64. The Hall–Kier alpha value is -3.86. The number of hydrogen-bond acceptors (Lipinski definition) is 4. The Morgan fingerprint density at radius 1 is 1.03 bits per heavy atom. The number of amides is 1. The van der Waals surface area contributed by atoms with Gasteiger partial charge in [0, 0.05) is 18.5 Å². The lowest BCUT2D eigenvalue weighted by Gasteiger charge is -2.25. The fourth-order valence-electron chi connectivity index (χ4n) is 4.64. The number of likely N-dealkylation sites (tertiary alicyclic amines) is 1. The van der Waals surface area contributed by atoms with E-state index in [0.29, 0.717) is 5.56 Å². The minimum atomic E-state index is -0.672. The van der Waals surface area contributed by atoms with Crippen molar-refractivity contribution in [2.75, 3.05) is 0 Å². The Bertz CT molecular complexity index is 1260. The standard InChI is InChI=1S/C28H25NO4/c1-17-8-10-20(11-9-17)25-24(26(30)21-12-13-23-22(15-21)14-18(2)33-23)27(31)28(32)29(25)16-19-6-4-3-5-7-19/h3-13,15,18,25,30H,14,16H2,1-2H3/t18-,25-/m1/s1. The zero-order valence-electron chi connectivity index (χ0n) is 18.6. The van der Waals surface area contributed by atoms with E-state index in [9.17, 15) is 14.7 Å². The third kappa shape index (κ3) is 3.80. The third-order valence-corrected chi connectivity index (χ3v) is 6.30. The lowest BCUT2D eigenvalue weighted by atomic mass is 9.94. The van der Waals surface area contributed by atoms with Crippen LogP contribution >= 0.6 is 0 Å². The van der Waals surface area contributed by atoms with Gasteiger partial charge in [0.25, 0.3) is 11.7 Å². The summed E-state index contributed by atoms with van der Waals surface area (Å²) in [6.45, 7) is 4.25. The number of benzene rings is 3. The highest BCUT2D eigenvalue weighted by Crippen LogP contribution is 2.41. The largest absolute Gasteiger partial charge is 0.507 e. The number of aliphatic hydroxyl groups excluding tert-OH is 1. The van der Waals surface area contributed by atoms with Gasteiger partial charge in [-0.05, 0) is 48.7 Å². The van der Waals surface area contributed by atoms with Gasteiger partial charge in [-0.3, -0.25) is 9.59 Å². The van der Waals surface area contributed by atoms with Gasteiger partial charge in [0.15, 0.2) is 0 Å². The van der Waals surface area contributed by atoms with E-state index < -0.39 is 17.7 Å². The topological polar surface area (TPSA) is 66.8 Å². The number of aryl methyl sites for hydroxylation is 1. The number of Topliss-reactive ketones (excluding diaryl/α,β-unsaturated/α-hetero) is 1. The molecular weight excluding hydrogens is 414 g/mol. The van der Waals surface area contributed by atoms with Crippen LogP contribution < -0.4 is 4.74 Å². The van der Waals surface area contributed by atoms with Crippen molar-refractivity contribution in [2.45, 2.75) is 39.0 Å². The first-order chi connectivity index (χ1) is 15.9. The molecule has 5 rings (SSSR count).